The molecule has 0 unspecified atom stereocenters. The first-order valence-corrected chi connectivity index (χ1v) is 9.43. The maximum atomic E-state index is 11.9. The van der Waals surface area contributed by atoms with Crippen LogP contribution in [-0.2, 0) is 28.7 Å². The monoisotopic (exact) mass is 389 g/mol. The van der Waals surface area contributed by atoms with Crippen LogP contribution in [0.15, 0.2) is 0 Å². The minimum atomic E-state index is -0.416. The van der Waals surface area contributed by atoms with E-state index in [1.807, 2.05) is 0 Å². The van der Waals surface area contributed by atoms with Crippen molar-refractivity contribution < 1.29 is 28.7 Å². The Labute approximate surface area is 162 Å². The van der Waals surface area contributed by atoms with Crippen molar-refractivity contribution in [1.82, 2.24) is 15.7 Å². The van der Waals surface area contributed by atoms with Gasteiger partial charge in [-0.2, -0.15) is 0 Å². The number of ether oxygens (including phenoxy) is 2. The zero-order valence-electron chi connectivity index (χ0n) is 16.9. The van der Waals surface area contributed by atoms with E-state index in [4.69, 9.17) is 14.3 Å². The van der Waals surface area contributed by atoms with Crippen LogP contribution in [0.5, 0.6) is 0 Å². The highest BCUT2D eigenvalue weighted by Gasteiger charge is 2.09. The summed E-state index contributed by atoms with van der Waals surface area (Å²) in [4.78, 5) is 40.9. The normalized spacial score (nSPS) is 10.5. The Balaban J connectivity index is 3.55. The number of nitrogens with zero attached hydrogens (tertiary/aromatic N) is 1. The fourth-order valence-electron chi connectivity index (χ4n) is 2.16. The van der Waals surface area contributed by atoms with Gasteiger partial charge in [0.15, 0.2) is 0 Å². The molecule has 0 rings (SSSR count). The number of methoxy groups -OCH3 is 1. The lowest BCUT2D eigenvalue weighted by Crippen LogP contribution is -2.33. The van der Waals surface area contributed by atoms with E-state index in [9.17, 15) is 14.4 Å². The van der Waals surface area contributed by atoms with Crippen molar-refractivity contribution in [3.63, 3.8) is 0 Å². The van der Waals surface area contributed by atoms with E-state index >= 15 is 0 Å². The van der Waals surface area contributed by atoms with Gasteiger partial charge in [0.05, 0.1) is 6.61 Å². The quantitative estimate of drug-likeness (QED) is 0.218. The van der Waals surface area contributed by atoms with Crippen LogP contribution >= 0.6 is 0 Å². The van der Waals surface area contributed by atoms with Gasteiger partial charge in [0.1, 0.15) is 13.3 Å². The molecule has 9 heteroatoms. The summed E-state index contributed by atoms with van der Waals surface area (Å²) in [7, 11) is 4.92. The lowest BCUT2D eigenvalue weighted by Gasteiger charge is -2.17. The lowest BCUT2D eigenvalue weighted by molar-refractivity contribution is -0.144. The molecular formula is C18H35N3O6. The van der Waals surface area contributed by atoms with Crippen LogP contribution in [0, 0.1) is 0 Å². The highest BCUT2D eigenvalue weighted by atomic mass is 16.7. The molecule has 0 heterocycles. The summed E-state index contributed by atoms with van der Waals surface area (Å²) >= 11 is 0. The van der Waals surface area contributed by atoms with E-state index in [1.165, 1.54) is 4.90 Å². The molecule has 0 aliphatic rings. The van der Waals surface area contributed by atoms with Gasteiger partial charge in [-0.3, -0.25) is 19.2 Å². The molecular weight excluding hydrogens is 354 g/mol. The maximum absolute atomic E-state index is 11.9. The minimum Gasteiger partial charge on any atom is -0.385 e. The van der Waals surface area contributed by atoms with Gasteiger partial charge in [0, 0.05) is 40.7 Å². The first-order chi connectivity index (χ1) is 13.0. The van der Waals surface area contributed by atoms with Gasteiger partial charge in [-0.15, -0.1) is 0 Å². The summed E-state index contributed by atoms with van der Waals surface area (Å²) in [5.74, 6) is -0.438. The second-order valence-electron chi connectivity index (χ2n) is 6.23. The number of hydrogen-bond acceptors (Lipinski definition) is 6. The van der Waals surface area contributed by atoms with Crippen molar-refractivity contribution >= 4 is 17.7 Å². The number of hydrogen-bond donors (Lipinski definition) is 2. The fourth-order valence-corrected chi connectivity index (χ4v) is 2.16. The Kier molecular flexibility index (Phi) is 16.6. The standard InChI is InChI=1S/C18H35N3O6/c1-19-16(22)10-7-9-13-27-20-17(23)14-26-15-21(2)18(24)11-6-4-5-8-12-25-3/h4-15H2,1-3H3,(H,19,22)(H,20,23). The number of unbranched alkanes of at least 4 members (excludes halogenated alkanes) is 4. The van der Waals surface area contributed by atoms with E-state index < -0.39 is 5.91 Å². The van der Waals surface area contributed by atoms with E-state index in [1.54, 1.807) is 21.2 Å². The number of carbonyl (C=O) groups excluding carboxylic acids is 3. The Morgan fingerprint density at radius 2 is 1.56 bits per heavy atom. The van der Waals surface area contributed by atoms with Gasteiger partial charge < -0.3 is 19.7 Å². The topological polar surface area (TPSA) is 106 Å². The number of carbonyl (C=O) groups is 3. The van der Waals surface area contributed by atoms with Crippen molar-refractivity contribution in [2.75, 3.05) is 47.8 Å². The second kappa shape index (κ2) is 17.7. The van der Waals surface area contributed by atoms with Crippen molar-refractivity contribution in [2.45, 2.75) is 51.4 Å². The van der Waals surface area contributed by atoms with Crippen molar-refractivity contribution in [1.29, 1.82) is 0 Å². The fraction of sp³-hybridized carbons (Fsp3) is 0.833. The Morgan fingerprint density at radius 1 is 0.889 bits per heavy atom. The van der Waals surface area contributed by atoms with Gasteiger partial charge >= 0.3 is 0 Å². The first kappa shape index (κ1) is 25.3. The average molecular weight is 389 g/mol. The molecule has 0 spiro atoms. The number of rotatable bonds is 17. The highest BCUT2D eigenvalue weighted by Crippen LogP contribution is 2.05. The van der Waals surface area contributed by atoms with Gasteiger partial charge in [0.25, 0.3) is 5.91 Å². The molecule has 0 radical (unpaired) electrons. The predicted octanol–water partition coefficient (Wildman–Crippen LogP) is 0.980. The van der Waals surface area contributed by atoms with Crippen molar-refractivity contribution in [3.8, 4) is 0 Å². The predicted molar refractivity (Wildman–Crippen MR) is 101 cm³/mol. The van der Waals surface area contributed by atoms with Crippen LogP contribution in [0.3, 0.4) is 0 Å². The van der Waals surface area contributed by atoms with E-state index in [2.05, 4.69) is 10.8 Å². The van der Waals surface area contributed by atoms with Crippen molar-refractivity contribution in [3.05, 3.63) is 0 Å². The van der Waals surface area contributed by atoms with Gasteiger partial charge in [-0.1, -0.05) is 12.8 Å². The third-order valence-corrected chi connectivity index (χ3v) is 3.80. The summed E-state index contributed by atoms with van der Waals surface area (Å²) in [6, 6.07) is 0. The number of hydroxylamine groups is 1. The molecule has 2 N–H and O–H groups in total. The van der Waals surface area contributed by atoms with E-state index in [-0.39, 0.29) is 25.2 Å². The Morgan fingerprint density at radius 3 is 2.26 bits per heavy atom. The molecule has 0 saturated heterocycles. The summed E-state index contributed by atoms with van der Waals surface area (Å²) < 4.78 is 10.2. The van der Waals surface area contributed by atoms with Crippen LogP contribution in [-0.4, -0.2) is 70.4 Å². The smallest absolute Gasteiger partial charge is 0.269 e. The Hall–Kier alpha value is -1.71. The molecule has 27 heavy (non-hydrogen) atoms. The molecule has 0 aromatic rings. The summed E-state index contributed by atoms with van der Waals surface area (Å²) in [5.41, 5.74) is 2.27. The van der Waals surface area contributed by atoms with E-state index in [0.29, 0.717) is 32.3 Å². The molecule has 9 nitrogen and oxygen atoms in total. The molecule has 158 valence electrons. The zero-order valence-corrected chi connectivity index (χ0v) is 16.9. The first-order valence-electron chi connectivity index (χ1n) is 9.43. The lowest BCUT2D eigenvalue weighted by atomic mass is 10.1. The second-order valence-corrected chi connectivity index (χ2v) is 6.23. The van der Waals surface area contributed by atoms with Crippen LogP contribution in [0.25, 0.3) is 0 Å². The van der Waals surface area contributed by atoms with Gasteiger partial charge in [0.2, 0.25) is 11.8 Å². The van der Waals surface area contributed by atoms with Gasteiger partial charge in [-0.05, 0) is 25.7 Å². The third-order valence-electron chi connectivity index (χ3n) is 3.80. The molecule has 0 bridgehead atoms. The highest BCUT2D eigenvalue weighted by molar-refractivity contribution is 5.77. The summed E-state index contributed by atoms with van der Waals surface area (Å²) in [6.45, 7) is 0.948. The van der Waals surface area contributed by atoms with Gasteiger partial charge in [-0.25, -0.2) is 5.48 Å². The SMILES string of the molecule is CNC(=O)CCCCONC(=O)COCN(C)C(=O)CCCCCCOC. The molecule has 0 aromatic heterocycles. The Bertz CT molecular complexity index is 420. The zero-order chi connectivity index (χ0) is 20.3. The molecule has 3 amide bonds. The van der Waals surface area contributed by atoms with Crippen LogP contribution in [0.1, 0.15) is 51.4 Å². The number of amides is 3. The molecule has 0 aliphatic heterocycles. The molecule has 0 saturated carbocycles. The largest absolute Gasteiger partial charge is 0.385 e. The third kappa shape index (κ3) is 16.2. The molecule has 0 atom stereocenters. The minimum absolute atomic E-state index is 0.00508. The van der Waals surface area contributed by atoms with Crippen LogP contribution < -0.4 is 10.8 Å². The van der Waals surface area contributed by atoms with Crippen LogP contribution in [0.2, 0.25) is 0 Å². The number of nitrogens with one attached hydrogen (secondary N) is 2. The summed E-state index contributed by atoms with van der Waals surface area (Å²) in [5, 5.41) is 2.54. The molecule has 0 fully saturated rings. The maximum Gasteiger partial charge on any atom is 0.269 e. The average Bonchev–Trinajstić information content (AvgIpc) is 2.66. The molecule has 0 aliphatic carbocycles. The summed E-state index contributed by atoms with van der Waals surface area (Å²) in [6.07, 6.45) is 6.14. The van der Waals surface area contributed by atoms with E-state index in [0.717, 1.165) is 32.3 Å². The van der Waals surface area contributed by atoms with Crippen molar-refractivity contribution in [2.24, 2.45) is 0 Å². The molecule has 0 aromatic carbocycles. The van der Waals surface area contributed by atoms with Crippen LogP contribution in [0.4, 0.5) is 0 Å².